The molecule has 0 aromatic heterocycles. The van der Waals surface area contributed by atoms with Gasteiger partial charge in [0.15, 0.2) is 0 Å². The molecule has 0 radical (unpaired) electrons. The number of esters is 1. The summed E-state index contributed by atoms with van der Waals surface area (Å²) in [5, 5.41) is 13.7. The maximum absolute atomic E-state index is 13.8. The van der Waals surface area contributed by atoms with Crippen molar-refractivity contribution in [2.45, 2.75) is 165 Å². The van der Waals surface area contributed by atoms with Crippen LogP contribution in [0.4, 0.5) is 4.79 Å². The van der Waals surface area contributed by atoms with Crippen molar-refractivity contribution in [3.05, 3.63) is 12.2 Å². The molecule has 0 saturated heterocycles. The van der Waals surface area contributed by atoms with E-state index in [1.807, 2.05) is 34.6 Å². The van der Waals surface area contributed by atoms with Crippen LogP contribution in [0.1, 0.15) is 147 Å². The van der Waals surface area contributed by atoms with Crippen LogP contribution in [0, 0.1) is 68.0 Å². The van der Waals surface area contributed by atoms with Gasteiger partial charge in [0.1, 0.15) is 11.7 Å². The molecule has 6 aliphatic rings. The number of hydrogen-bond acceptors (Lipinski definition) is 5. The average Bonchev–Trinajstić information content (AvgIpc) is 3.37. The van der Waals surface area contributed by atoms with Gasteiger partial charge in [0.2, 0.25) is 0 Å². The number of carbonyl (C=O) groups excluding carboxylic acids is 2. The minimum absolute atomic E-state index is 0.0959. The van der Waals surface area contributed by atoms with Crippen molar-refractivity contribution in [3.63, 3.8) is 0 Å². The molecule has 49 heavy (non-hydrogen) atoms. The van der Waals surface area contributed by atoms with E-state index in [2.05, 4.69) is 53.4 Å². The van der Waals surface area contributed by atoms with E-state index >= 15 is 0 Å². The largest absolute Gasteiger partial charge is 0.481 e. The van der Waals surface area contributed by atoms with E-state index in [1.165, 1.54) is 5.57 Å². The minimum Gasteiger partial charge on any atom is -0.481 e. The van der Waals surface area contributed by atoms with E-state index in [0.717, 1.165) is 64.2 Å². The lowest BCUT2D eigenvalue weighted by atomic mass is 9.32. The van der Waals surface area contributed by atoms with Gasteiger partial charge in [0, 0.05) is 11.5 Å². The first-order chi connectivity index (χ1) is 22.5. The maximum Gasteiger partial charge on any atom is 0.407 e. The molecule has 0 aliphatic heterocycles. The molecule has 276 valence electrons. The lowest BCUT2D eigenvalue weighted by molar-refractivity contribution is -0.251. The fraction of sp³-hybridized carbons (Fsp3) is 0.881. The Bertz CT molecular complexity index is 1390. The third-order valence-corrected chi connectivity index (χ3v) is 16.9. The number of carboxylic acid groups (broad SMARTS) is 1. The van der Waals surface area contributed by atoms with Crippen molar-refractivity contribution in [2.75, 3.05) is 0 Å². The number of aliphatic carboxylic acids is 1. The Morgan fingerprint density at radius 3 is 2.06 bits per heavy atom. The molecular weight excluding hydrogens is 614 g/mol. The second-order valence-corrected chi connectivity index (χ2v) is 20.7. The number of fused-ring (bicyclic) bond motifs is 7. The highest BCUT2D eigenvalue weighted by Crippen LogP contribution is 2.77. The smallest absolute Gasteiger partial charge is 0.407 e. The standard InChI is InChI=1S/C42H67NO6/c1-24(2)25-15-20-42(34(45)46)22-21-40(11)26(32(25)42)13-14-29-39(10)18-17-31(38(8,9)28(39)16-19-41(29,40)12)48-33(44)27-23-30(37(27,6)7)43-35(47)49-36(3,4)5/h25-32H,1,13-23H2,2-12H3,(H,43,47)(H,45,46)/t25-,26?,27?,28-,29+,30+,31-,32?,39-,40+,41+,42-/m0/s1. The minimum atomic E-state index is -0.594. The molecule has 6 aliphatic carbocycles. The third kappa shape index (κ3) is 5.26. The van der Waals surface area contributed by atoms with Crippen LogP contribution < -0.4 is 5.32 Å². The molecule has 7 heteroatoms. The predicted molar refractivity (Wildman–Crippen MR) is 192 cm³/mol. The molecule has 0 bridgehead atoms. The maximum atomic E-state index is 13.8. The van der Waals surface area contributed by atoms with Gasteiger partial charge in [-0.15, -0.1) is 0 Å². The first-order valence-electron chi connectivity index (χ1n) is 19.5. The van der Waals surface area contributed by atoms with Gasteiger partial charge in [-0.05, 0) is 150 Å². The Kier molecular flexibility index (Phi) is 8.60. The van der Waals surface area contributed by atoms with Gasteiger partial charge in [-0.3, -0.25) is 9.59 Å². The number of carbonyl (C=O) groups is 3. The summed E-state index contributed by atoms with van der Waals surface area (Å²) in [4.78, 5) is 39.3. The number of allylic oxidation sites excluding steroid dienone is 1. The Labute approximate surface area is 296 Å². The van der Waals surface area contributed by atoms with E-state index in [0.29, 0.717) is 30.1 Å². The van der Waals surface area contributed by atoms with Crippen LogP contribution in [0.3, 0.4) is 0 Å². The van der Waals surface area contributed by atoms with Crippen molar-refractivity contribution in [2.24, 2.45) is 68.0 Å². The third-order valence-electron chi connectivity index (χ3n) is 16.9. The second-order valence-electron chi connectivity index (χ2n) is 20.7. The van der Waals surface area contributed by atoms with E-state index in [-0.39, 0.29) is 51.6 Å². The fourth-order valence-electron chi connectivity index (χ4n) is 13.9. The lowest BCUT2D eigenvalue weighted by Gasteiger charge is -2.72. The molecule has 1 amide bonds. The Morgan fingerprint density at radius 2 is 1.47 bits per heavy atom. The molecule has 0 spiro atoms. The molecule has 6 fully saturated rings. The van der Waals surface area contributed by atoms with Crippen LogP contribution in [0.15, 0.2) is 12.2 Å². The summed E-state index contributed by atoms with van der Waals surface area (Å²) in [6.45, 7) is 28.6. The van der Waals surface area contributed by atoms with Gasteiger partial charge in [-0.1, -0.05) is 60.6 Å². The Balaban J connectivity index is 1.18. The Hall–Kier alpha value is -2.05. The second kappa shape index (κ2) is 11.5. The number of carboxylic acids is 1. The van der Waals surface area contributed by atoms with Crippen molar-refractivity contribution >= 4 is 18.0 Å². The molecule has 0 aromatic rings. The zero-order valence-corrected chi connectivity index (χ0v) is 32.6. The molecule has 6 rings (SSSR count). The molecule has 12 atom stereocenters. The number of nitrogens with one attached hydrogen (secondary N) is 1. The summed E-state index contributed by atoms with van der Waals surface area (Å²) >= 11 is 0. The van der Waals surface area contributed by atoms with Crippen LogP contribution in [0.25, 0.3) is 0 Å². The van der Waals surface area contributed by atoms with Gasteiger partial charge in [0.25, 0.3) is 0 Å². The number of rotatable bonds is 5. The van der Waals surface area contributed by atoms with Gasteiger partial charge in [0.05, 0.1) is 11.3 Å². The molecule has 2 N–H and O–H groups in total. The monoisotopic (exact) mass is 681 g/mol. The molecule has 7 nitrogen and oxygen atoms in total. The SMILES string of the molecule is C=C(C)[C@@H]1CC[C@]2(C(=O)O)CC[C@]3(C)C(CC[C@@H]4[C@@]5(C)CC[C@H](OC(=O)C6C[C@@H](NC(=O)OC(C)(C)C)C6(C)C)C(C)(C)[C@@H]5CC[C@]43C)C12. The van der Waals surface area contributed by atoms with Gasteiger partial charge < -0.3 is 19.9 Å². The quantitative estimate of drug-likeness (QED) is 0.221. The summed E-state index contributed by atoms with van der Waals surface area (Å²) in [6, 6.07) is -0.134. The molecule has 0 heterocycles. The van der Waals surface area contributed by atoms with Crippen molar-refractivity contribution in [1.29, 1.82) is 0 Å². The Morgan fingerprint density at radius 1 is 0.796 bits per heavy atom. The number of amides is 1. The molecule has 6 saturated carbocycles. The van der Waals surface area contributed by atoms with Crippen LogP contribution in [-0.2, 0) is 19.1 Å². The number of alkyl carbamates (subject to hydrolysis) is 1. The summed E-state index contributed by atoms with van der Waals surface area (Å²) in [5.74, 6) is 0.945. The van der Waals surface area contributed by atoms with Gasteiger partial charge >= 0.3 is 18.0 Å². The predicted octanol–water partition coefficient (Wildman–Crippen LogP) is 9.58. The van der Waals surface area contributed by atoms with Gasteiger partial charge in [-0.25, -0.2) is 4.79 Å². The molecule has 0 aromatic carbocycles. The molecule has 3 unspecified atom stereocenters. The molecular formula is C42H67NO6. The van der Waals surface area contributed by atoms with Gasteiger partial charge in [-0.2, -0.15) is 0 Å². The summed E-state index contributed by atoms with van der Waals surface area (Å²) in [5.41, 5.74) is -0.196. The van der Waals surface area contributed by atoms with E-state index in [1.54, 1.807) is 0 Å². The summed E-state index contributed by atoms with van der Waals surface area (Å²) < 4.78 is 12.0. The van der Waals surface area contributed by atoms with Crippen molar-refractivity contribution in [1.82, 2.24) is 5.32 Å². The first-order valence-corrected chi connectivity index (χ1v) is 19.5. The summed E-state index contributed by atoms with van der Waals surface area (Å²) in [7, 11) is 0. The zero-order chi connectivity index (χ0) is 36.3. The van der Waals surface area contributed by atoms with Crippen LogP contribution in [0.5, 0.6) is 0 Å². The highest BCUT2D eigenvalue weighted by atomic mass is 16.6. The topological polar surface area (TPSA) is 102 Å². The van der Waals surface area contributed by atoms with Crippen LogP contribution >= 0.6 is 0 Å². The zero-order valence-electron chi connectivity index (χ0n) is 32.6. The van der Waals surface area contributed by atoms with E-state index < -0.39 is 28.5 Å². The average molecular weight is 682 g/mol. The fourth-order valence-corrected chi connectivity index (χ4v) is 13.9. The van der Waals surface area contributed by atoms with Crippen molar-refractivity contribution < 1.29 is 29.0 Å². The van der Waals surface area contributed by atoms with E-state index in [4.69, 9.17) is 9.47 Å². The number of ether oxygens (including phenoxy) is 2. The van der Waals surface area contributed by atoms with E-state index in [9.17, 15) is 19.5 Å². The lowest BCUT2D eigenvalue weighted by Crippen LogP contribution is -2.67. The highest BCUT2D eigenvalue weighted by molar-refractivity contribution is 5.77. The normalized spacial score (nSPS) is 46.4. The van der Waals surface area contributed by atoms with Crippen molar-refractivity contribution in [3.8, 4) is 0 Å². The summed E-state index contributed by atoms with van der Waals surface area (Å²) in [6.07, 6.45) is 9.99. The van der Waals surface area contributed by atoms with Crippen LogP contribution in [-0.4, -0.2) is 40.9 Å². The number of hydrogen-bond donors (Lipinski definition) is 2. The van der Waals surface area contributed by atoms with Crippen LogP contribution in [0.2, 0.25) is 0 Å². The highest BCUT2D eigenvalue weighted by Gasteiger charge is 2.72. The first kappa shape index (κ1) is 36.7.